The summed E-state index contributed by atoms with van der Waals surface area (Å²) in [5.74, 6) is 0.918. The van der Waals surface area contributed by atoms with Crippen LogP contribution in [0, 0.1) is 6.92 Å². The zero-order valence-corrected chi connectivity index (χ0v) is 14.4. The van der Waals surface area contributed by atoms with E-state index in [-0.39, 0.29) is 5.91 Å². The average molecular weight is 319 g/mol. The summed E-state index contributed by atoms with van der Waals surface area (Å²) in [5, 5.41) is 2.97. The molecule has 1 aromatic carbocycles. The highest BCUT2D eigenvalue weighted by Gasteiger charge is 2.13. The van der Waals surface area contributed by atoms with Crippen LogP contribution in [0.25, 0.3) is 0 Å². The highest BCUT2D eigenvalue weighted by atomic mass is 16.5. The van der Waals surface area contributed by atoms with E-state index in [1.807, 2.05) is 25.1 Å². The van der Waals surface area contributed by atoms with Crippen molar-refractivity contribution in [3.8, 4) is 5.75 Å². The summed E-state index contributed by atoms with van der Waals surface area (Å²) in [6, 6.07) is 5.86. The summed E-state index contributed by atoms with van der Waals surface area (Å²) in [6.45, 7) is 3.41. The van der Waals surface area contributed by atoms with Gasteiger partial charge in [0.1, 0.15) is 5.75 Å². The third kappa shape index (κ3) is 6.22. The molecule has 4 heteroatoms. The van der Waals surface area contributed by atoms with Gasteiger partial charge in [-0.25, -0.2) is 0 Å². The van der Waals surface area contributed by atoms with Crippen LogP contribution >= 0.6 is 0 Å². The number of nitrogens with one attached hydrogen (secondary N) is 1. The van der Waals surface area contributed by atoms with E-state index in [0.29, 0.717) is 19.1 Å². The first-order valence-electron chi connectivity index (χ1n) is 8.71. The van der Waals surface area contributed by atoms with Crippen molar-refractivity contribution in [3.63, 3.8) is 0 Å². The lowest BCUT2D eigenvalue weighted by atomic mass is 9.98. The third-order valence-corrected chi connectivity index (χ3v) is 4.37. The van der Waals surface area contributed by atoms with Gasteiger partial charge in [-0.2, -0.15) is 0 Å². The van der Waals surface area contributed by atoms with Crippen LogP contribution < -0.4 is 10.1 Å². The van der Waals surface area contributed by atoms with Crippen molar-refractivity contribution in [2.24, 2.45) is 0 Å². The molecular formula is C19H29NO3. The normalized spacial score (nSPS) is 15.4. The van der Waals surface area contributed by atoms with Crippen LogP contribution in [-0.4, -0.2) is 32.3 Å². The molecule has 1 aliphatic rings. The second-order valence-electron chi connectivity index (χ2n) is 6.32. The number of carbonyl (C=O) groups is 1. The lowest BCUT2D eigenvalue weighted by Gasteiger charge is -2.21. The van der Waals surface area contributed by atoms with Crippen LogP contribution in [-0.2, 0) is 16.0 Å². The number of ether oxygens (including phenoxy) is 2. The molecule has 23 heavy (non-hydrogen) atoms. The molecule has 0 unspecified atom stereocenters. The van der Waals surface area contributed by atoms with Gasteiger partial charge in [0.15, 0.2) is 0 Å². The van der Waals surface area contributed by atoms with Gasteiger partial charge >= 0.3 is 0 Å². The Kier molecular flexibility index (Phi) is 7.40. The van der Waals surface area contributed by atoms with Gasteiger partial charge in [-0.05, 0) is 43.4 Å². The van der Waals surface area contributed by atoms with E-state index in [1.54, 1.807) is 7.11 Å². The van der Waals surface area contributed by atoms with E-state index < -0.39 is 0 Å². The quantitative estimate of drug-likeness (QED) is 0.747. The maximum Gasteiger partial charge on any atom is 0.224 e. The molecule has 1 aliphatic carbocycles. The van der Waals surface area contributed by atoms with Gasteiger partial charge in [-0.1, -0.05) is 31.4 Å². The van der Waals surface area contributed by atoms with Gasteiger partial charge in [-0.15, -0.1) is 0 Å². The SMILES string of the molecule is COc1ccc(CC(=O)NCCCOC2CCCCC2)cc1C. The Bertz CT molecular complexity index is 495. The maximum absolute atomic E-state index is 12.0. The minimum Gasteiger partial charge on any atom is -0.496 e. The Hall–Kier alpha value is -1.55. The third-order valence-electron chi connectivity index (χ3n) is 4.37. The van der Waals surface area contributed by atoms with Crippen molar-refractivity contribution in [2.45, 2.75) is 58.0 Å². The molecule has 1 N–H and O–H groups in total. The lowest BCUT2D eigenvalue weighted by Crippen LogP contribution is -2.27. The molecule has 1 amide bonds. The first-order valence-corrected chi connectivity index (χ1v) is 8.71. The first kappa shape index (κ1) is 17.8. The molecule has 1 saturated carbocycles. The number of hydrogen-bond acceptors (Lipinski definition) is 3. The minimum atomic E-state index is 0.0623. The molecule has 128 valence electrons. The maximum atomic E-state index is 12.0. The molecule has 0 aliphatic heterocycles. The molecule has 0 heterocycles. The average Bonchev–Trinajstić information content (AvgIpc) is 2.56. The number of carbonyl (C=O) groups excluding carboxylic acids is 1. The van der Waals surface area contributed by atoms with Gasteiger partial charge in [0.05, 0.1) is 19.6 Å². The van der Waals surface area contributed by atoms with Gasteiger partial charge < -0.3 is 14.8 Å². The Morgan fingerprint density at radius 1 is 1.26 bits per heavy atom. The fraction of sp³-hybridized carbons (Fsp3) is 0.632. The standard InChI is InChI=1S/C19H29NO3/c1-15-13-16(9-10-18(15)22-2)14-19(21)20-11-6-12-23-17-7-4-3-5-8-17/h9-10,13,17H,3-8,11-12,14H2,1-2H3,(H,20,21). The number of hydrogen-bond donors (Lipinski definition) is 1. The summed E-state index contributed by atoms with van der Waals surface area (Å²) >= 11 is 0. The monoisotopic (exact) mass is 319 g/mol. The van der Waals surface area contributed by atoms with Crippen LogP contribution in [0.3, 0.4) is 0 Å². The Morgan fingerprint density at radius 3 is 2.74 bits per heavy atom. The summed E-state index contributed by atoms with van der Waals surface area (Å²) in [5.41, 5.74) is 2.07. The van der Waals surface area contributed by atoms with Crippen molar-refractivity contribution in [1.82, 2.24) is 5.32 Å². The van der Waals surface area contributed by atoms with Crippen molar-refractivity contribution in [1.29, 1.82) is 0 Å². The van der Waals surface area contributed by atoms with Gasteiger partial charge in [0.2, 0.25) is 5.91 Å². The molecule has 0 aromatic heterocycles. The fourth-order valence-corrected chi connectivity index (χ4v) is 3.08. The number of methoxy groups -OCH3 is 1. The minimum absolute atomic E-state index is 0.0623. The van der Waals surface area contributed by atoms with Crippen molar-refractivity contribution >= 4 is 5.91 Å². The zero-order valence-electron chi connectivity index (χ0n) is 14.4. The molecule has 4 nitrogen and oxygen atoms in total. The van der Waals surface area contributed by atoms with E-state index in [0.717, 1.165) is 29.9 Å². The van der Waals surface area contributed by atoms with E-state index in [4.69, 9.17) is 9.47 Å². The predicted octanol–water partition coefficient (Wildman–Crippen LogP) is 3.40. The molecule has 0 spiro atoms. The topological polar surface area (TPSA) is 47.6 Å². The second-order valence-corrected chi connectivity index (χ2v) is 6.32. The fourth-order valence-electron chi connectivity index (χ4n) is 3.08. The smallest absolute Gasteiger partial charge is 0.224 e. The van der Waals surface area contributed by atoms with Gasteiger partial charge in [0.25, 0.3) is 0 Å². The number of amides is 1. The van der Waals surface area contributed by atoms with E-state index in [9.17, 15) is 4.79 Å². The molecule has 0 saturated heterocycles. The molecule has 0 radical (unpaired) electrons. The summed E-state index contributed by atoms with van der Waals surface area (Å²) in [6.07, 6.45) is 8.07. The molecule has 2 rings (SSSR count). The molecule has 0 atom stereocenters. The Labute approximate surface area is 139 Å². The lowest BCUT2D eigenvalue weighted by molar-refractivity contribution is -0.120. The Morgan fingerprint density at radius 2 is 2.04 bits per heavy atom. The zero-order chi connectivity index (χ0) is 16.5. The Balaban J connectivity index is 1.60. The van der Waals surface area contributed by atoms with Crippen molar-refractivity contribution in [2.75, 3.05) is 20.3 Å². The number of benzene rings is 1. The van der Waals surface area contributed by atoms with E-state index in [2.05, 4.69) is 5.32 Å². The van der Waals surface area contributed by atoms with Gasteiger partial charge in [0, 0.05) is 13.2 Å². The van der Waals surface area contributed by atoms with Crippen LogP contribution in [0.4, 0.5) is 0 Å². The van der Waals surface area contributed by atoms with Gasteiger partial charge in [-0.3, -0.25) is 4.79 Å². The summed E-state index contributed by atoms with van der Waals surface area (Å²) in [4.78, 5) is 12.0. The van der Waals surface area contributed by atoms with Crippen LogP contribution in [0.1, 0.15) is 49.7 Å². The van der Waals surface area contributed by atoms with Crippen molar-refractivity contribution < 1.29 is 14.3 Å². The number of rotatable bonds is 8. The van der Waals surface area contributed by atoms with Crippen molar-refractivity contribution in [3.05, 3.63) is 29.3 Å². The number of aryl methyl sites for hydroxylation is 1. The largest absolute Gasteiger partial charge is 0.496 e. The van der Waals surface area contributed by atoms with Crippen LogP contribution in [0.15, 0.2) is 18.2 Å². The molecule has 1 fully saturated rings. The van der Waals surface area contributed by atoms with E-state index >= 15 is 0 Å². The molecule has 0 bridgehead atoms. The predicted molar refractivity (Wildman–Crippen MR) is 91.9 cm³/mol. The highest BCUT2D eigenvalue weighted by molar-refractivity contribution is 5.78. The molecule has 1 aromatic rings. The summed E-state index contributed by atoms with van der Waals surface area (Å²) < 4.78 is 11.1. The van der Waals surface area contributed by atoms with Crippen LogP contribution in [0.5, 0.6) is 5.75 Å². The van der Waals surface area contributed by atoms with E-state index in [1.165, 1.54) is 32.1 Å². The molecular weight excluding hydrogens is 290 g/mol. The summed E-state index contributed by atoms with van der Waals surface area (Å²) in [7, 11) is 1.66. The highest BCUT2D eigenvalue weighted by Crippen LogP contribution is 2.20. The second kappa shape index (κ2) is 9.56. The van der Waals surface area contributed by atoms with Crippen LogP contribution in [0.2, 0.25) is 0 Å². The first-order chi connectivity index (χ1) is 11.2.